The third-order valence-corrected chi connectivity index (χ3v) is 4.21. The number of hydrogen-bond acceptors (Lipinski definition) is 2. The van der Waals surface area contributed by atoms with Crippen LogP contribution < -0.4 is 5.73 Å². The van der Waals surface area contributed by atoms with Gasteiger partial charge in [-0.3, -0.25) is 9.59 Å². The van der Waals surface area contributed by atoms with Gasteiger partial charge in [-0.15, -0.1) is 0 Å². The van der Waals surface area contributed by atoms with E-state index in [0.29, 0.717) is 17.6 Å². The normalized spacial score (nSPS) is 34.7. The molecule has 0 bridgehead atoms. The Hall–Kier alpha value is -0.860. The maximum Gasteiger partial charge on any atom is 0.220 e. The Kier molecular flexibility index (Phi) is 1.95. The van der Waals surface area contributed by atoms with Crippen LogP contribution in [0.4, 0.5) is 0 Å². The third-order valence-electron chi connectivity index (χ3n) is 4.21. The largest absolute Gasteiger partial charge is 0.369 e. The lowest BCUT2D eigenvalue weighted by Crippen LogP contribution is -2.25. The second-order valence-electron chi connectivity index (χ2n) is 4.91. The minimum absolute atomic E-state index is 0.0434. The summed E-state index contributed by atoms with van der Waals surface area (Å²) in [5, 5.41) is 0. The number of carbonyl (C=O) groups is 2. The smallest absolute Gasteiger partial charge is 0.220 e. The highest BCUT2D eigenvalue weighted by Crippen LogP contribution is 2.61. The van der Waals surface area contributed by atoms with Crippen LogP contribution in [0.1, 0.15) is 33.1 Å². The molecule has 0 aromatic rings. The number of hydrogen-bond donors (Lipinski definition) is 1. The topological polar surface area (TPSA) is 60.2 Å². The summed E-state index contributed by atoms with van der Waals surface area (Å²) in [5.41, 5.74) is 5.15. The van der Waals surface area contributed by atoms with E-state index in [-0.39, 0.29) is 17.2 Å². The number of amides is 1. The fraction of sp³-hybridized carbons (Fsp3) is 0.818. The van der Waals surface area contributed by atoms with Gasteiger partial charge in [0.2, 0.25) is 5.91 Å². The quantitative estimate of drug-likeness (QED) is 0.730. The van der Waals surface area contributed by atoms with E-state index in [2.05, 4.69) is 6.92 Å². The molecule has 3 atom stereocenters. The average Bonchev–Trinajstić information content (AvgIpc) is 2.99. The maximum atomic E-state index is 11.5. The summed E-state index contributed by atoms with van der Waals surface area (Å²) in [7, 11) is 0. The van der Waals surface area contributed by atoms with Gasteiger partial charge in [0.15, 0.2) is 0 Å². The lowest BCUT2D eigenvalue weighted by Gasteiger charge is -2.20. The van der Waals surface area contributed by atoms with E-state index in [1.54, 1.807) is 6.92 Å². The number of carbonyl (C=O) groups excluding carboxylic acids is 2. The standard InChI is InChI=1S/C11H17NO2/c1-6(8-5-9(8)10(12)14)11(3-4-11)7(2)13/h6,8-9H,3-5H2,1-2H3,(H2,12,14). The van der Waals surface area contributed by atoms with Crippen LogP contribution >= 0.6 is 0 Å². The molecule has 0 radical (unpaired) electrons. The van der Waals surface area contributed by atoms with Gasteiger partial charge in [-0.05, 0) is 38.0 Å². The zero-order valence-electron chi connectivity index (χ0n) is 8.75. The van der Waals surface area contributed by atoms with Gasteiger partial charge in [-0.1, -0.05) is 6.92 Å². The van der Waals surface area contributed by atoms with Crippen LogP contribution in [-0.4, -0.2) is 11.7 Å². The first-order chi connectivity index (χ1) is 6.49. The molecule has 0 aromatic heterocycles. The summed E-state index contributed by atoms with van der Waals surface area (Å²) in [6, 6.07) is 0. The second kappa shape index (κ2) is 2.81. The Morgan fingerprint density at radius 3 is 2.29 bits per heavy atom. The minimum atomic E-state index is -0.193. The van der Waals surface area contributed by atoms with Gasteiger partial charge >= 0.3 is 0 Å². The molecule has 3 unspecified atom stereocenters. The van der Waals surface area contributed by atoms with Gasteiger partial charge in [-0.2, -0.15) is 0 Å². The first-order valence-electron chi connectivity index (χ1n) is 5.29. The highest BCUT2D eigenvalue weighted by atomic mass is 16.1. The highest BCUT2D eigenvalue weighted by Gasteiger charge is 2.59. The Morgan fingerprint density at radius 1 is 1.43 bits per heavy atom. The van der Waals surface area contributed by atoms with Crippen molar-refractivity contribution in [1.29, 1.82) is 0 Å². The summed E-state index contributed by atoms with van der Waals surface area (Å²) >= 11 is 0. The maximum absolute atomic E-state index is 11.5. The zero-order chi connectivity index (χ0) is 10.5. The van der Waals surface area contributed by atoms with E-state index >= 15 is 0 Å². The zero-order valence-corrected chi connectivity index (χ0v) is 8.75. The van der Waals surface area contributed by atoms with Crippen LogP contribution in [0.5, 0.6) is 0 Å². The number of primary amides is 1. The lowest BCUT2D eigenvalue weighted by atomic mass is 9.83. The van der Waals surface area contributed by atoms with Crippen molar-refractivity contribution < 1.29 is 9.59 Å². The van der Waals surface area contributed by atoms with E-state index in [0.717, 1.165) is 19.3 Å². The predicted molar refractivity (Wildman–Crippen MR) is 52.3 cm³/mol. The molecule has 3 heteroatoms. The summed E-state index contributed by atoms with van der Waals surface area (Å²) < 4.78 is 0. The molecule has 2 aliphatic rings. The van der Waals surface area contributed by atoms with Crippen molar-refractivity contribution in [2.45, 2.75) is 33.1 Å². The van der Waals surface area contributed by atoms with Crippen LogP contribution in [-0.2, 0) is 9.59 Å². The van der Waals surface area contributed by atoms with Crippen molar-refractivity contribution in [3.05, 3.63) is 0 Å². The van der Waals surface area contributed by atoms with Crippen molar-refractivity contribution in [1.82, 2.24) is 0 Å². The molecular formula is C11H17NO2. The van der Waals surface area contributed by atoms with Crippen molar-refractivity contribution in [2.75, 3.05) is 0 Å². The van der Waals surface area contributed by atoms with Crippen LogP contribution in [0.2, 0.25) is 0 Å². The van der Waals surface area contributed by atoms with Gasteiger partial charge < -0.3 is 5.73 Å². The molecule has 14 heavy (non-hydrogen) atoms. The first kappa shape index (κ1) is 9.69. The molecule has 2 saturated carbocycles. The molecule has 3 nitrogen and oxygen atoms in total. The number of nitrogens with two attached hydrogens (primary N) is 1. The molecule has 0 heterocycles. The van der Waals surface area contributed by atoms with Crippen molar-refractivity contribution in [3.63, 3.8) is 0 Å². The van der Waals surface area contributed by atoms with Crippen LogP contribution in [0.15, 0.2) is 0 Å². The number of Topliss-reactive ketones (excluding diaryl/α,β-unsaturated/α-hetero) is 1. The van der Waals surface area contributed by atoms with Gasteiger partial charge in [0.25, 0.3) is 0 Å². The monoisotopic (exact) mass is 195 g/mol. The molecule has 0 aromatic carbocycles. The minimum Gasteiger partial charge on any atom is -0.369 e. The molecule has 0 aliphatic heterocycles. The molecule has 0 saturated heterocycles. The molecule has 2 aliphatic carbocycles. The molecule has 2 rings (SSSR count). The van der Waals surface area contributed by atoms with Crippen molar-refractivity contribution >= 4 is 11.7 Å². The second-order valence-corrected chi connectivity index (χ2v) is 4.91. The average molecular weight is 195 g/mol. The Balaban J connectivity index is 2.01. The van der Waals surface area contributed by atoms with Crippen LogP contribution in [0.25, 0.3) is 0 Å². The summed E-state index contributed by atoms with van der Waals surface area (Å²) in [4.78, 5) is 22.4. The molecule has 0 spiro atoms. The van der Waals surface area contributed by atoms with Crippen LogP contribution in [0, 0.1) is 23.2 Å². The van der Waals surface area contributed by atoms with E-state index in [1.165, 1.54) is 0 Å². The number of ketones is 1. The fourth-order valence-electron chi connectivity index (χ4n) is 2.77. The highest BCUT2D eigenvalue weighted by molar-refractivity contribution is 5.86. The summed E-state index contributed by atoms with van der Waals surface area (Å²) in [5.74, 6) is 0.861. The van der Waals surface area contributed by atoms with Crippen molar-refractivity contribution in [3.8, 4) is 0 Å². The molecule has 2 fully saturated rings. The van der Waals surface area contributed by atoms with Crippen molar-refractivity contribution in [2.24, 2.45) is 28.9 Å². The third kappa shape index (κ3) is 1.26. The van der Waals surface area contributed by atoms with Gasteiger partial charge in [0, 0.05) is 11.3 Å². The SMILES string of the molecule is CC(=O)C1(C(C)C2CC2C(N)=O)CC1. The summed E-state index contributed by atoms with van der Waals surface area (Å²) in [6.07, 6.45) is 2.91. The van der Waals surface area contributed by atoms with E-state index in [4.69, 9.17) is 5.73 Å². The summed E-state index contributed by atoms with van der Waals surface area (Å²) in [6.45, 7) is 3.77. The first-order valence-corrected chi connectivity index (χ1v) is 5.29. The number of rotatable bonds is 4. The lowest BCUT2D eigenvalue weighted by molar-refractivity contribution is -0.125. The fourth-order valence-corrected chi connectivity index (χ4v) is 2.77. The molecular weight excluding hydrogens is 178 g/mol. The van der Waals surface area contributed by atoms with E-state index in [9.17, 15) is 9.59 Å². The Bertz CT molecular complexity index is 294. The molecule has 1 amide bonds. The predicted octanol–water partition coefficient (Wildman–Crippen LogP) is 1.11. The molecule has 2 N–H and O–H groups in total. The Morgan fingerprint density at radius 2 is 2.00 bits per heavy atom. The van der Waals surface area contributed by atoms with Gasteiger partial charge in [0.1, 0.15) is 5.78 Å². The molecule has 78 valence electrons. The van der Waals surface area contributed by atoms with E-state index < -0.39 is 0 Å². The van der Waals surface area contributed by atoms with E-state index in [1.807, 2.05) is 0 Å². The van der Waals surface area contributed by atoms with Crippen LogP contribution in [0.3, 0.4) is 0 Å². The Labute approximate surface area is 84.0 Å². The van der Waals surface area contributed by atoms with Gasteiger partial charge in [-0.25, -0.2) is 0 Å². The van der Waals surface area contributed by atoms with Gasteiger partial charge in [0.05, 0.1) is 0 Å².